The van der Waals surface area contributed by atoms with Crippen molar-refractivity contribution < 1.29 is 9.66 Å². The highest BCUT2D eigenvalue weighted by Gasteiger charge is 2.11. The topological polar surface area (TPSA) is 90.2 Å². The van der Waals surface area contributed by atoms with Crippen molar-refractivity contribution in [2.45, 2.75) is 6.92 Å². The number of aromatic nitrogens is 2. The van der Waals surface area contributed by atoms with Gasteiger partial charge in [-0.05, 0) is 12.6 Å². The van der Waals surface area contributed by atoms with Crippen LogP contribution in [0.25, 0.3) is 10.9 Å². The largest absolute Gasteiger partial charge is 0.476 e. The maximum atomic E-state index is 10.8. The number of rotatable bonds is 6. The van der Waals surface area contributed by atoms with Crippen LogP contribution in [0.5, 0.6) is 5.88 Å². The van der Waals surface area contributed by atoms with Crippen molar-refractivity contribution in [2.75, 3.05) is 19.7 Å². The molecule has 0 aliphatic carbocycles. The molecule has 0 bridgehead atoms. The third-order valence-corrected chi connectivity index (χ3v) is 2.56. The summed E-state index contributed by atoms with van der Waals surface area (Å²) >= 11 is 0. The summed E-state index contributed by atoms with van der Waals surface area (Å²) in [5.41, 5.74) is 0.623. The number of nitrogens with one attached hydrogen (secondary N) is 1. The Kier molecular flexibility index (Phi) is 4.19. The number of nitrogens with zero attached hydrogens (tertiary/aromatic N) is 3. The molecule has 1 aromatic carbocycles. The van der Waals surface area contributed by atoms with Gasteiger partial charge in [-0.25, -0.2) is 9.97 Å². The lowest BCUT2D eigenvalue weighted by molar-refractivity contribution is -0.384. The Balaban J connectivity index is 2.26. The molecular weight excluding hydrogens is 248 g/mol. The molecule has 0 saturated heterocycles. The Bertz CT molecular complexity index is 588. The second-order valence-electron chi connectivity index (χ2n) is 3.84. The summed E-state index contributed by atoms with van der Waals surface area (Å²) in [6.45, 7) is 4.00. The minimum atomic E-state index is -0.450. The molecule has 2 aromatic rings. The number of benzene rings is 1. The molecule has 1 aromatic heterocycles. The van der Waals surface area contributed by atoms with E-state index < -0.39 is 4.92 Å². The number of nitro benzene ring substituents is 1. The summed E-state index contributed by atoms with van der Waals surface area (Å²) in [6, 6.07) is 4.43. The van der Waals surface area contributed by atoms with Crippen molar-refractivity contribution in [2.24, 2.45) is 0 Å². The average molecular weight is 262 g/mol. The standard InChI is InChI=1S/C12H14N4O3/c1-2-13-5-6-19-12-10-7-9(16(17)18)3-4-11(10)14-8-15-12/h3-4,7-8,13H,2,5-6H2,1H3. The number of nitro groups is 1. The average Bonchev–Trinajstić information content (AvgIpc) is 2.43. The quantitative estimate of drug-likeness (QED) is 0.482. The van der Waals surface area contributed by atoms with Crippen LogP contribution < -0.4 is 10.1 Å². The minimum Gasteiger partial charge on any atom is -0.476 e. The number of non-ortho nitro benzene ring substituents is 1. The van der Waals surface area contributed by atoms with Crippen molar-refractivity contribution in [1.29, 1.82) is 0 Å². The Hall–Kier alpha value is -2.28. The predicted octanol–water partition coefficient (Wildman–Crippen LogP) is 1.53. The second-order valence-corrected chi connectivity index (χ2v) is 3.84. The van der Waals surface area contributed by atoms with Crippen molar-refractivity contribution in [3.8, 4) is 5.88 Å². The summed E-state index contributed by atoms with van der Waals surface area (Å²) in [5.74, 6) is 0.367. The van der Waals surface area contributed by atoms with E-state index in [1.54, 1.807) is 6.07 Å². The Morgan fingerprint density at radius 3 is 3.00 bits per heavy atom. The van der Waals surface area contributed by atoms with Gasteiger partial charge in [-0.3, -0.25) is 10.1 Å². The lowest BCUT2D eigenvalue weighted by Crippen LogP contribution is -2.20. The maximum absolute atomic E-state index is 10.8. The van der Waals surface area contributed by atoms with Crippen LogP contribution in [0.3, 0.4) is 0 Å². The second kappa shape index (κ2) is 6.05. The zero-order valence-electron chi connectivity index (χ0n) is 10.5. The van der Waals surface area contributed by atoms with Gasteiger partial charge in [0, 0.05) is 18.7 Å². The molecule has 0 atom stereocenters. The molecule has 1 heterocycles. The van der Waals surface area contributed by atoms with Crippen molar-refractivity contribution in [3.05, 3.63) is 34.6 Å². The molecule has 0 saturated carbocycles. The van der Waals surface area contributed by atoms with E-state index >= 15 is 0 Å². The third kappa shape index (κ3) is 3.14. The lowest BCUT2D eigenvalue weighted by atomic mass is 10.2. The molecule has 0 radical (unpaired) electrons. The molecule has 7 heteroatoms. The zero-order valence-corrected chi connectivity index (χ0v) is 10.5. The van der Waals surface area contributed by atoms with Crippen LogP contribution in [-0.4, -0.2) is 34.6 Å². The molecule has 7 nitrogen and oxygen atoms in total. The number of ether oxygens (including phenoxy) is 1. The molecular formula is C12H14N4O3. The van der Waals surface area contributed by atoms with E-state index in [4.69, 9.17) is 4.74 Å². The van der Waals surface area contributed by atoms with Crippen LogP contribution in [-0.2, 0) is 0 Å². The first-order valence-corrected chi connectivity index (χ1v) is 5.95. The smallest absolute Gasteiger partial charge is 0.270 e. The fraction of sp³-hybridized carbons (Fsp3) is 0.333. The van der Waals surface area contributed by atoms with Gasteiger partial charge in [0.1, 0.15) is 12.9 Å². The highest BCUT2D eigenvalue weighted by Crippen LogP contribution is 2.25. The van der Waals surface area contributed by atoms with Gasteiger partial charge < -0.3 is 10.1 Å². The molecule has 100 valence electrons. The van der Waals surface area contributed by atoms with Gasteiger partial charge in [0.05, 0.1) is 15.8 Å². The van der Waals surface area contributed by atoms with E-state index in [0.29, 0.717) is 29.9 Å². The van der Waals surface area contributed by atoms with E-state index in [-0.39, 0.29) is 5.69 Å². The molecule has 19 heavy (non-hydrogen) atoms. The number of hydrogen-bond acceptors (Lipinski definition) is 6. The molecule has 0 fully saturated rings. The van der Waals surface area contributed by atoms with E-state index in [9.17, 15) is 10.1 Å². The normalized spacial score (nSPS) is 10.6. The molecule has 2 rings (SSSR count). The summed E-state index contributed by atoms with van der Waals surface area (Å²) in [4.78, 5) is 18.4. The predicted molar refractivity (Wildman–Crippen MR) is 70.2 cm³/mol. The van der Waals surface area contributed by atoms with Crippen LogP contribution in [0, 0.1) is 10.1 Å². The van der Waals surface area contributed by atoms with Gasteiger partial charge in [-0.2, -0.15) is 0 Å². The zero-order chi connectivity index (χ0) is 13.7. The Morgan fingerprint density at radius 2 is 2.26 bits per heavy atom. The van der Waals surface area contributed by atoms with Gasteiger partial charge in [0.25, 0.3) is 5.69 Å². The fourth-order valence-electron chi connectivity index (χ4n) is 1.65. The molecule has 1 N–H and O–H groups in total. The SMILES string of the molecule is CCNCCOc1ncnc2ccc([N+](=O)[O-])cc12. The Labute approximate surface area is 109 Å². The molecule has 0 aliphatic heterocycles. The maximum Gasteiger partial charge on any atom is 0.270 e. The van der Waals surface area contributed by atoms with Crippen LogP contribution in [0.4, 0.5) is 5.69 Å². The van der Waals surface area contributed by atoms with Crippen LogP contribution in [0.1, 0.15) is 6.92 Å². The van der Waals surface area contributed by atoms with Gasteiger partial charge in [0.2, 0.25) is 5.88 Å². The first-order chi connectivity index (χ1) is 9.22. The van der Waals surface area contributed by atoms with Crippen molar-refractivity contribution in [1.82, 2.24) is 15.3 Å². The van der Waals surface area contributed by atoms with E-state index in [0.717, 1.165) is 6.54 Å². The monoisotopic (exact) mass is 262 g/mol. The lowest BCUT2D eigenvalue weighted by Gasteiger charge is -2.07. The van der Waals surface area contributed by atoms with Gasteiger partial charge >= 0.3 is 0 Å². The van der Waals surface area contributed by atoms with Crippen LogP contribution >= 0.6 is 0 Å². The van der Waals surface area contributed by atoms with Crippen molar-refractivity contribution in [3.63, 3.8) is 0 Å². The molecule has 0 unspecified atom stereocenters. The molecule has 0 aliphatic rings. The van der Waals surface area contributed by atoms with Gasteiger partial charge in [-0.15, -0.1) is 0 Å². The first-order valence-electron chi connectivity index (χ1n) is 5.95. The minimum absolute atomic E-state index is 0.00108. The highest BCUT2D eigenvalue weighted by atomic mass is 16.6. The third-order valence-electron chi connectivity index (χ3n) is 2.56. The van der Waals surface area contributed by atoms with Crippen LogP contribution in [0.15, 0.2) is 24.5 Å². The van der Waals surface area contributed by atoms with Crippen LogP contribution in [0.2, 0.25) is 0 Å². The number of fused-ring (bicyclic) bond motifs is 1. The number of likely N-dealkylation sites (N-methyl/N-ethyl adjacent to an activating group) is 1. The number of hydrogen-bond donors (Lipinski definition) is 1. The van der Waals surface area contributed by atoms with E-state index in [1.165, 1.54) is 18.5 Å². The van der Waals surface area contributed by atoms with E-state index in [1.807, 2.05) is 6.92 Å². The van der Waals surface area contributed by atoms with Gasteiger partial charge in [0.15, 0.2) is 0 Å². The summed E-state index contributed by atoms with van der Waals surface area (Å²) in [7, 11) is 0. The summed E-state index contributed by atoms with van der Waals surface area (Å²) in [6.07, 6.45) is 1.39. The van der Waals surface area contributed by atoms with Crippen molar-refractivity contribution >= 4 is 16.6 Å². The van der Waals surface area contributed by atoms with E-state index in [2.05, 4.69) is 15.3 Å². The summed E-state index contributed by atoms with van der Waals surface area (Å²) < 4.78 is 5.52. The Morgan fingerprint density at radius 1 is 1.42 bits per heavy atom. The fourth-order valence-corrected chi connectivity index (χ4v) is 1.65. The molecule has 0 amide bonds. The van der Waals surface area contributed by atoms with Gasteiger partial charge in [-0.1, -0.05) is 6.92 Å². The highest BCUT2D eigenvalue weighted by molar-refractivity contribution is 5.85. The molecule has 0 spiro atoms. The first kappa shape index (κ1) is 13.2. The summed E-state index contributed by atoms with van der Waals surface area (Å²) in [5, 5.41) is 14.4.